The molecule has 106 valence electrons. The van der Waals surface area contributed by atoms with Crippen LogP contribution < -0.4 is 5.32 Å². The van der Waals surface area contributed by atoms with Crippen molar-refractivity contribution in [3.05, 3.63) is 67.8 Å². The number of rotatable bonds is 4. The van der Waals surface area contributed by atoms with Gasteiger partial charge in [-0.15, -0.1) is 0 Å². The van der Waals surface area contributed by atoms with Crippen molar-refractivity contribution in [1.29, 1.82) is 0 Å². The topological polar surface area (TPSA) is 12.0 Å². The predicted octanol–water partition coefficient (Wildman–Crippen LogP) is 4.92. The standard InChI is InChI=1S/C15H13ClF2IN/c1-2-20-15(10-4-3-5-12(17)14(10)18)11-8-9(16)6-7-13(11)19/h3-8,15,20H,2H2,1H3. The Balaban J connectivity index is 2.56. The van der Waals surface area contributed by atoms with Crippen LogP contribution in [0.15, 0.2) is 36.4 Å². The Morgan fingerprint density at radius 3 is 2.65 bits per heavy atom. The highest BCUT2D eigenvalue weighted by atomic mass is 127. The van der Waals surface area contributed by atoms with E-state index >= 15 is 0 Å². The summed E-state index contributed by atoms with van der Waals surface area (Å²) in [6.45, 7) is 2.55. The number of hydrogen-bond acceptors (Lipinski definition) is 1. The first kappa shape index (κ1) is 15.7. The summed E-state index contributed by atoms with van der Waals surface area (Å²) < 4.78 is 28.4. The van der Waals surface area contributed by atoms with Crippen molar-refractivity contribution < 1.29 is 8.78 Å². The maximum atomic E-state index is 14.0. The molecule has 1 N–H and O–H groups in total. The molecule has 0 heterocycles. The second-order valence-electron chi connectivity index (χ2n) is 4.30. The molecule has 0 aliphatic heterocycles. The van der Waals surface area contributed by atoms with Crippen molar-refractivity contribution in [3.63, 3.8) is 0 Å². The van der Waals surface area contributed by atoms with Crippen LogP contribution >= 0.6 is 34.2 Å². The van der Waals surface area contributed by atoms with E-state index in [9.17, 15) is 8.78 Å². The van der Waals surface area contributed by atoms with Crippen LogP contribution in [0.3, 0.4) is 0 Å². The lowest BCUT2D eigenvalue weighted by molar-refractivity contribution is 0.482. The second kappa shape index (κ2) is 6.83. The minimum atomic E-state index is -0.845. The first-order valence-corrected chi connectivity index (χ1v) is 7.62. The van der Waals surface area contributed by atoms with Crippen LogP contribution in [0.1, 0.15) is 24.1 Å². The molecule has 0 saturated heterocycles. The first-order valence-electron chi connectivity index (χ1n) is 6.16. The Kier molecular flexibility index (Phi) is 5.35. The first-order chi connectivity index (χ1) is 9.54. The molecule has 2 aromatic carbocycles. The zero-order valence-electron chi connectivity index (χ0n) is 10.8. The molecule has 0 amide bonds. The molecule has 0 fully saturated rings. The summed E-state index contributed by atoms with van der Waals surface area (Å²) in [5, 5.41) is 3.75. The van der Waals surface area contributed by atoms with Crippen LogP contribution in [0.4, 0.5) is 8.78 Å². The quantitative estimate of drug-likeness (QED) is 0.709. The summed E-state index contributed by atoms with van der Waals surface area (Å²) in [5.41, 5.74) is 1.12. The Morgan fingerprint density at radius 1 is 1.20 bits per heavy atom. The second-order valence-corrected chi connectivity index (χ2v) is 5.90. The lowest BCUT2D eigenvalue weighted by Crippen LogP contribution is -2.24. The highest BCUT2D eigenvalue weighted by Gasteiger charge is 2.21. The van der Waals surface area contributed by atoms with Gasteiger partial charge in [-0.3, -0.25) is 0 Å². The third-order valence-corrected chi connectivity index (χ3v) is 4.19. The zero-order valence-corrected chi connectivity index (χ0v) is 13.7. The Morgan fingerprint density at radius 2 is 1.95 bits per heavy atom. The molecular weight excluding hydrogens is 395 g/mol. The summed E-state index contributed by atoms with van der Waals surface area (Å²) in [7, 11) is 0. The summed E-state index contributed by atoms with van der Waals surface area (Å²) in [5.74, 6) is -1.67. The molecule has 0 bridgehead atoms. The van der Waals surface area contributed by atoms with E-state index < -0.39 is 17.7 Å². The van der Waals surface area contributed by atoms with Gasteiger partial charge in [-0.1, -0.05) is 30.7 Å². The van der Waals surface area contributed by atoms with Gasteiger partial charge >= 0.3 is 0 Å². The molecule has 5 heteroatoms. The minimum Gasteiger partial charge on any atom is -0.306 e. The molecule has 0 aliphatic carbocycles. The van der Waals surface area contributed by atoms with Crippen molar-refractivity contribution >= 4 is 34.2 Å². The smallest absolute Gasteiger partial charge is 0.163 e. The van der Waals surface area contributed by atoms with Crippen LogP contribution in [0.5, 0.6) is 0 Å². The van der Waals surface area contributed by atoms with Gasteiger partial charge in [-0.2, -0.15) is 0 Å². The molecule has 0 spiro atoms. The fraction of sp³-hybridized carbons (Fsp3) is 0.200. The maximum Gasteiger partial charge on any atom is 0.163 e. The molecule has 0 aliphatic rings. The highest BCUT2D eigenvalue weighted by Crippen LogP contribution is 2.30. The van der Waals surface area contributed by atoms with E-state index in [0.29, 0.717) is 11.6 Å². The van der Waals surface area contributed by atoms with Crippen molar-refractivity contribution in [2.45, 2.75) is 13.0 Å². The third kappa shape index (κ3) is 3.30. The van der Waals surface area contributed by atoms with Gasteiger partial charge in [0.05, 0.1) is 6.04 Å². The van der Waals surface area contributed by atoms with Gasteiger partial charge in [0.25, 0.3) is 0 Å². The van der Waals surface area contributed by atoms with Crippen LogP contribution in [0, 0.1) is 15.2 Å². The molecule has 0 aromatic heterocycles. The zero-order chi connectivity index (χ0) is 14.7. The minimum absolute atomic E-state index is 0.284. The lowest BCUT2D eigenvalue weighted by Gasteiger charge is -2.21. The van der Waals surface area contributed by atoms with Gasteiger partial charge in [0.2, 0.25) is 0 Å². The third-order valence-electron chi connectivity index (χ3n) is 2.97. The molecule has 2 rings (SSSR count). The van der Waals surface area contributed by atoms with Crippen LogP contribution in [-0.4, -0.2) is 6.54 Å². The van der Waals surface area contributed by atoms with E-state index in [2.05, 4.69) is 27.9 Å². The largest absolute Gasteiger partial charge is 0.306 e. The number of nitrogens with one attached hydrogen (secondary N) is 1. The van der Waals surface area contributed by atoms with Crippen LogP contribution in [-0.2, 0) is 0 Å². The van der Waals surface area contributed by atoms with E-state index in [1.807, 2.05) is 13.0 Å². The number of halogens is 4. The summed E-state index contributed by atoms with van der Waals surface area (Å²) in [6.07, 6.45) is 0. The average Bonchev–Trinajstić information content (AvgIpc) is 2.43. The molecule has 0 radical (unpaired) electrons. The van der Waals surface area contributed by atoms with Crippen LogP contribution in [0.25, 0.3) is 0 Å². The number of benzene rings is 2. The van der Waals surface area contributed by atoms with E-state index in [4.69, 9.17) is 11.6 Å². The molecule has 1 unspecified atom stereocenters. The maximum absolute atomic E-state index is 14.0. The lowest BCUT2D eigenvalue weighted by atomic mass is 9.98. The monoisotopic (exact) mass is 407 g/mol. The van der Waals surface area contributed by atoms with Crippen molar-refractivity contribution in [2.24, 2.45) is 0 Å². The van der Waals surface area contributed by atoms with E-state index in [-0.39, 0.29) is 5.56 Å². The normalized spacial score (nSPS) is 12.4. The molecule has 20 heavy (non-hydrogen) atoms. The Labute approximate surface area is 135 Å². The molecule has 1 nitrogen and oxygen atoms in total. The van der Waals surface area contributed by atoms with Gasteiger partial charge in [0, 0.05) is 14.2 Å². The Bertz CT molecular complexity index is 617. The van der Waals surface area contributed by atoms with Gasteiger partial charge in [-0.25, -0.2) is 8.78 Å². The van der Waals surface area contributed by atoms with Gasteiger partial charge < -0.3 is 5.32 Å². The van der Waals surface area contributed by atoms with Crippen LogP contribution in [0.2, 0.25) is 5.02 Å². The van der Waals surface area contributed by atoms with Crippen molar-refractivity contribution in [1.82, 2.24) is 5.32 Å². The van der Waals surface area contributed by atoms with Crippen molar-refractivity contribution in [2.75, 3.05) is 6.54 Å². The van der Waals surface area contributed by atoms with E-state index in [1.165, 1.54) is 6.07 Å². The fourth-order valence-electron chi connectivity index (χ4n) is 2.07. The van der Waals surface area contributed by atoms with Gasteiger partial charge in [0.15, 0.2) is 11.6 Å². The van der Waals surface area contributed by atoms with Crippen molar-refractivity contribution in [3.8, 4) is 0 Å². The highest BCUT2D eigenvalue weighted by molar-refractivity contribution is 14.1. The summed E-state index contributed by atoms with van der Waals surface area (Å²) in [6, 6.07) is 9.20. The predicted molar refractivity (Wildman–Crippen MR) is 86.0 cm³/mol. The van der Waals surface area contributed by atoms with Gasteiger partial charge in [0.1, 0.15) is 0 Å². The van der Waals surface area contributed by atoms with E-state index in [0.717, 1.165) is 15.2 Å². The molecule has 1 atom stereocenters. The summed E-state index contributed by atoms with van der Waals surface area (Å²) >= 11 is 8.18. The fourth-order valence-corrected chi connectivity index (χ4v) is 2.90. The Hall–Kier alpha value is -0.720. The summed E-state index contributed by atoms with van der Waals surface area (Å²) in [4.78, 5) is 0. The SMILES string of the molecule is CCNC(c1cc(Cl)ccc1I)c1cccc(F)c1F. The molecule has 0 saturated carbocycles. The average molecular weight is 408 g/mol. The molecular formula is C15H13ClF2IN. The van der Waals surface area contributed by atoms with E-state index in [1.54, 1.807) is 18.2 Å². The van der Waals surface area contributed by atoms with Gasteiger partial charge in [-0.05, 0) is 59.0 Å². The number of hydrogen-bond donors (Lipinski definition) is 1. The molecule has 2 aromatic rings.